The van der Waals surface area contributed by atoms with Crippen LogP contribution in [-0.4, -0.2) is 18.9 Å². The fraction of sp³-hybridized carbons (Fsp3) is 0.231. The largest absolute Gasteiger partial charge is 0.497 e. The molecule has 1 aromatic heterocycles. The smallest absolute Gasteiger partial charge is 0.268 e. The van der Waals surface area contributed by atoms with Gasteiger partial charge in [-0.25, -0.2) is 0 Å². The molecule has 166 valence electrons. The van der Waals surface area contributed by atoms with E-state index in [1.165, 1.54) is 22.5 Å². The molecule has 3 aromatic rings. The topological polar surface area (TPSA) is 67.4 Å². The maximum atomic E-state index is 13.2. The molecule has 3 rings (SSSR count). The monoisotopic (exact) mass is 448 g/mol. The van der Waals surface area contributed by atoms with Crippen LogP contribution < -0.4 is 15.4 Å². The first-order chi connectivity index (χ1) is 15.4. The third-order valence-corrected chi connectivity index (χ3v) is 6.14. The third-order valence-electron chi connectivity index (χ3n) is 5.32. The Kier molecular flexibility index (Phi) is 7.84. The van der Waals surface area contributed by atoms with Crippen molar-refractivity contribution in [2.24, 2.45) is 0 Å². The van der Waals surface area contributed by atoms with Gasteiger partial charge in [0.25, 0.3) is 11.8 Å². The van der Waals surface area contributed by atoms with Crippen molar-refractivity contribution in [3.63, 3.8) is 0 Å². The number of rotatable bonds is 8. The molecule has 2 N–H and O–H groups in total. The van der Waals surface area contributed by atoms with Crippen LogP contribution in [0.3, 0.4) is 0 Å². The van der Waals surface area contributed by atoms with E-state index in [1.807, 2.05) is 30.5 Å². The van der Waals surface area contributed by atoms with Crippen LogP contribution in [0.4, 0.5) is 0 Å². The zero-order chi connectivity index (χ0) is 23.1. The summed E-state index contributed by atoms with van der Waals surface area (Å²) in [5.41, 5.74) is 4.07. The van der Waals surface area contributed by atoms with Crippen molar-refractivity contribution in [2.45, 2.75) is 33.2 Å². The molecule has 1 unspecified atom stereocenters. The number of amides is 2. The second kappa shape index (κ2) is 10.8. The van der Waals surface area contributed by atoms with E-state index in [9.17, 15) is 9.59 Å². The van der Waals surface area contributed by atoms with E-state index in [4.69, 9.17) is 4.74 Å². The van der Waals surface area contributed by atoms with Crippen LogP contribution in [0, 0.1) is 13.8 Å². The van der Waals surface area contributed by atoms with Crippen molar-refractivity contribution in [3.8, 4) is 5.75 Å². The Bertz CT molecular complexity index is 1100. The summed E-state index contributed by atoms with van der Waals surface area (Å²) in [6, 6.07) is 16.6. The minimum absolute atomic E-state index is 0.161. The van der Waals surface area contributed by atoms with Gasteiger partial charge in [0.2, 0.25) is 0 Å². The number of carbonyl (C=O) groups excluding carboxylic acids is 2. The lowest BCUT2D eigenvalue weighted by Crippen LogP contribution is -2.36. The fourth-order valence-corrected chi connectivity index (χ4v) is 3.91. The van der Waals surface area contributed by atoms with E-state index in [0.29, 0.717) is 11.3 Å². The average Bonchev–Trinajstić information content (AvgIpc) is 3.32. The molecule has 1 heterocycles. The summed E-state index contributed by atoms with van der Waals surface area (Å²) in [6.45, 7) is 6.15. The maximum absolute atomic E-state index is 13.2. The number of aryl methyl sites for hydroxylation is 2. The summed E-state index contributed by atoms with van der Waals surface area (Å²) >= 11 is 1.50. The van der Waals surface area contributed by atoms with Gasteiger partial charge in [-0.2, -0.15) is 0 Å². The SMILES string of the molecule is CCC(NC(=O)/C(=C/c1cccs1)NC(=O)c1ccc(OC)cc1)c1ccc(C)c(C)c1. The standard InChI is InChI=1S/C26H28N2O3S/c1-5-23(20-9-8-17(2)18(3)15-20)27-26(30)24(16-22-7-6-14-32-22)28-25(29)19-10-12-21(31-4)13-11-19/h6-16,23H,5H2,1-4H3,(H,27,30)(H,28,29)/b24-16-. The molecule has 5 nitrogen and oxygen atoms in total. The van der Waals surface area contributed by atoms with E-state index >= 15 is 0 Å². The fourth-order valence-electron chi connectivity index (χ4n) is 3.25. The number of benzene rings is 2. The molecule has 0 aliphatic heterocycles. The summed E-state index contributed by atoms with van der Waals surface area (Å²) in [5.74, 6) is -0.0250. The number of ether oxygens (including phenoxy) is 1. The second-order valence-corrected chi connectivity index (χ2v) is 8.51. The minimum Gasteiger partial charge on any atom is -0.497 e. The summed E-state index contributed by atoms with van der Waals surface area (Å²) in [4.78, 5) is 26.9. The zero-order valence-electron chi connectivity index (χ0n) is 18.8. The molecule has 0 aliphatic carbocycles. The second-order valence-electron chi connectivity index (χ2n) is 7.53. The Balaban J connectivity index is 1.83. The van der Waals surface area contributed by atoms with Crippen molar-refractivity contribution < 1.29 is 14.3 Å². The normalized spacial score (nSPS) is 12.2. The Morgan fingerprint density at radius 3 is 2.41 bits per heavy atom. The molecular formula is C26H28N2O3S. The van der Waals surface area contributed by atoms with Gasteiger partial charge >= 0.3 is 0 Å². The number of thiophene rings is 1. The number of methoxy groups -OCH3 is 1. The van der Waals surface area contributed by atoms with E-state index in [-0.39, 0.29) is 23.6 Å². The van der Waals surface area contributed by atoms with Gasteiger partial charge in [0.1, 0.15) is 11.4 Å². The zero-order valence-corrected chi connectivity index (χ0v) is 19.6. The van der Waals surface area contributed by atoms with Crippen LogP contribution in [0.5, 0.6) is 5.75 Å². The van der Waals surface area contributed by atoms with E-state index in [0.717, 1.165) is 16.9 Å². The first-order valence-electron chi connectivity index (χ1n) is 10.5. The summed E-state index contributed by atoms with van der Waals surface area (Å²) in [7, 11) is 1.57. The van der Waals surface area contributed by atoms with Crippen LogP contribution in [-0.2, 0) is 4.79 Å². The van der Waals surface area contributed by atoms with E-state index in [1.54, 1.807) is 37.5 Å². The first-order valence-corrected chi connectivity index (χ1v) is 11.4. The maximum Gasteiger partial charge on any atom is 0.268 e. The average molecular weight is 449 g/mol. The molecule has 1 atom stereocenters. The van der Waals surface area contributed by atoms with Gasteiger partial charge in [-0.1, -0.05) is 31.2 Å². The molecule has 0 saturated heterocycles. The summed E-state index contributed by atoms with van der Waals surface area (Å²) < 4.78 is 5.15. The van der Waals surface area contributed by atoms with E-state index < -0.39 is 0 Å². The summed E-state index contributed by atoms with van der Waals surface area (Å²) in [5, 5.41) is 7.79. The first kappa shape index (κ1) is 23.3. The Morgan fingerprint density at radius 1 is 1.06 bits per heavy atom. The van der Waals surface area contributed by atoms with Gasteiger partial charge in [0, 0.05) is 10.4 Å². The van der Waals surface area contributed by atoms with Crippen molar-refractivity contribution >= 4 is 29.2 Å². The molecule has 0 fully saturated rings. The number of hydrogen-bond acceptors (Lipinski definition) is 4. The highest BCUT2D eigenvalue weighted by Gasteiger charge is 2.19. The van der Waals surface area contributed by atoms with Crippen molar-refractivity contribution in [2.75, 3.05) is 7.11 Å². The van der Waals surface area contributed by atoms with Crippen LogP contribution in [0.2, 0.25) is 0 Å². The molecule has 2 amide bonds. The lowest BCUT2D eigenvalue weighted by Gasteiger charge is -2.20. The third kappa shape index (κ3) is 5.86. The van der Waals surface area contributed by atoms with E-state index in [2.05, 4.69) is 36.6 Å². The van der Waals surface area contributed by atoms with Crippen molar-refractivity contribution in [1.82, 2.24) is 10.6 Å². The van der Waals surface area contributed by atoms with Gasteiger partial charge in [0.15, 0.2) is 0 Å². The predicted molar refractivity (Wildman–Crippen MR) is 130 cm³/mol. The summed E-state index contributed by atoms with van der Waals surface area (Å²) in [6.07, 6.45) is 2.43. The van der Waals surface area contributed by atoms with Crippen molar-refractivity contribution in [3.05, 3.63) is 92.8 Å². The Labute approximate surface area is 193 Å². The molecule has 32 heavy (non-hydrogen) atoms. The van der Waals surface area contributed by atoms with Gasteiger partial charge in [-0.05, 0) is 78.7 Å². The highest BCUT2D eigenvalue weighted by atomic mass is 32.1. The minimum atomic E-state index is -0.357. The molecule has 2 aromatic carbocycles. The predicted octanol–water partition coefficient (Wildman–Crippen LogP) is 5.41. The van der Waals surface area contributed by atoms with Crippen LogP contribution in [0.15, 0.2) is 65.7 Å². The van der Waals surface area contributed by atoms with Crippen LogP contribution in [0.25, 0.3) is 6.08 Å². The Morgan fingerprint density at radius 2 is 1.81 bits per heavy atom. The molecule has 6 heteroatoms. The number of carbonyl (C=O) groups is 2. The number of nitrogens with one attached hydrogen (secondary N) is 2. The van der Waals surface area contributed by atoms with Crippen LogP contribution >= 0.6 is 11.3 Å². The quantitative estimate of drug-likeness (QED) is 0.453. The number of hydrogen-bond donors (Lipinski definition) is 2. The van der Waals surface area contributed by atoms with Gasteiger partial charge in [-0.3, -0.25) is 9.59 Å². The lowest BCUT2D eigenvalue weighted by atomic mass is 9.99. The van der Waals surface area contributed by atoms with Crippen LogP contribution in [0.1, 0.15) is 51.3 Å². The molecule has 0 aliphatic rings. The van der Waals surface area contributed by atoms with Gasteiger partial charge < -0.3 is 15.4 Å². The Hall–Kier alpha value is -3.38. The van der Waals surface area contributed by atoms with Gasteiger partial charge in [-0.15, -0.1) is 11.3 Å². The lowest BCUT2D eigenvalue weighted by molar-refractivity contribution is -0.118. The molecule has 0 spiro atoms. The van der Waals surface area contributed by atoms with Crippen molar-refractivity contribution in [1.29, 1.82) is 0 Å². The molecular weight excluding hydrogens is 420 g/mol. The molecule has 0 saturated carbocycles. The highest BCUT2D eigenvalue weighted by molar-refractivity contribution is 7.10. The highest BCUT2D eigenvalue weighted by Crippen LogP contribution is 2.21. The molecule has 0 bridgehead atoms. The van der Waals surface area contributed by atoms with Gasteiger partial charge in [0.05, 0.1) is 13.2 Å². The molecule has 0 radical (unpaired) electrons.